The Bertz CT molecular complexity index is 2240. The first kappa shape index (κ1) is 47.0. The van der Waals surface area contributed by atoms with E-state index in [4.69, 9.17) is 52.5 Å². The normalized spacial score (nSPS) is 22.4. The van der Waals surface area contributed by atoms with Crippen molar-refractivity contribution in [3.8, 4) is 0 Å². The van der Waals surface area contributed by atoms with Crippen molar-refractivity contribution in [3.63, 3.8) is 0 Å². The zero-order valence-electron chi connectivity index (χ0n) is 37.3. The van der Waals surface area contributed by atoms with Crippen LogP contribution in [0.15, 0.2) is 36.5 Å². The number of carbonyl (C=O) groups is 1. The molecule has 1 saturated carbocycles. The lowest BCUT2D eigenvalue weighted by Gasteiger charge is -2.38. The van der Waals surface area contributed by atoms with Crippen LogP contribution in [-0.2, 0) is 55.2 Å². The van der Waals surface area contributed by atoms with E-state index in [-0.39, 0.29) is 63.1 Å². The van der Waals surface area contributed by atoms with Crippen molar-refractivity contribution >= 4 is 50.8 Å². The summed E-state index contributed by atoms with van der Waals surface area (Å²) in [6.45, 7) is 14.2. The van der Waals surface area contributed by atoms with Gasteiger partial charge < -0.3 is 42.6 Å². The quantitative estimate of drug-likeness (QED) is 0.0498. The third-order valence-corrected chi connectivity index (χ3v) is 15.3. The van der Waals surface area contributed by atoms with Crippen molar-refractivity contribution < 1.29 is 51.9 Å². The lowest BCUT2D eigenvalue weighted by atomic mass is 9.91. The number of benzene rings is 1. The molecule has 344 valence electrons. The topological polar surface area (TPSA) is 219 Å². The van der Waals surface area contributed by atoms with Crippen LogP contribution in [0.2, 0.25) is 25.7 Å². The van der Waals surface area contributed by atoms with E-state index >= 15 is 0 Å². The van der Waals surface area contributed by atoms with Gasteiger partial charge in [0.2, 0.25) is 0 Å². The average Bonchev–Trinajstić information content (AvgIpc) is 3.99. The molecule has 63 heavy (non-hydrogen) atoms. The fourth-order valence-corrected chi connectivity index (χ4v) is 10.6. The molecule has 5 heterocycles. The smallest absolute Gasteiger partial charge is 0.413 e. The summed E-state index contributed by atoms with van der Waals surface area (Å²) in [5.74, 6) is -0.326. The molecule has 20 nitrogen and oxygen atoms in total. The SMILES string of the molecule is CCOP(=O)(OCC)C(COC)(Cc1nnn(COCC[Si](C)(C)C)n1)OC[C@H]1O[C@@H](n2ncc3c(N(C(=O)O)C4CCC4)nc(/C=C/c4ccccc4)nc32)[C@@H]2OC(C)(C)O[C@@H]21. The van der Waals surface area contributed by atoms with Gasteiger partial charge in [-0.2, -0.15) is 5.10 Å². The highest BCUT2D eigenvalue weighted by atomic mass is 31.2. The lowest BCUT2D eigenvalue weighted by molar-refractivity contribution is -0.207. The van der Waals surface area contributed by atoms with Gasteiger partial charge in [0.15, 0.2) is 47.2 Å². The van der Waals surface area contributed by atoms with Crippen LogP contribution < -0.4 is 4.90 Å². The molecule has 1 N–H and O–H groups in total. The molecule has 0 bridgehead atoms. The van der Waals surface area contributed by atoms with Gasteiger partial charge in [0.1, 0.15) is 18.3 Å². The third-order valence-electron chi connectivity index (χ3n) is 11.0. The van der Waals surface area contributed by atoms with Crippen molar-refractivity contribution in [1.82, 2.24) is 40.0 Å². The van der Waals surface area contributed by atoms with Crippen molar-refractivity contribution in [2.45, 2.75) is 128 Å². The van der Waals surface area contributed by atoms with Gasteiger partial charge in [0.25, 0.3) is 0 Å². The first-order valence-electron chi connectivity index (χ1n) is 21.5. The van der Waals surface area contributed by atoms with Gasteiger partial charge in [-0.1, -0.05) is 56.0 Å². The van der Waals surface area contributed by atoms with Crippen LogP contribution in [0.1, 0.15) is 70.4 Å². The van der Waals surface area contributed by atoms with Crippen molar-refractivity contribution in [3.05, 3.63) is 53.7 Å². The Morgan fingerprint density at radius 2 is 1.81 bits per heavy atom. The molecule has 2 aliphatic heterocycles. The van der Waals surface area contributed by atoms with Gasteiger partial charge in [-0.15, -0.1) is 15.0 Å². The molecule has 0 spiro atoms. The zero-order chi connectivity index (χ0) is 45.0. The van der Waals surface area contributed by atoms with Gasteiger partial charge in [-0.3, -0.25) is 9.46 Å². The van der Waals surface area contributed by atoms with Gasteiger partial charge in [-0.05, 0) is 69.9 Å². The number of aromatic nitrogens is 8. The first-order valence-corrected chi connectivity index (χ1v) is 26.7. The second kappa shape index (κ2) is 19.6. The Kier molecular flexibility index (Phi) is 14.6. The summed E-state index contributed by atoms with van der Waals surface area (Å²) in [4.78, 5) is 25.1. The molecule has 1 aliphatic carbocycles. The number of tetrazole rings is 1. The fourth-order valence-electron chi connectivity index (χ4n) is 7.81. The highest BCUT2D eigenvalue weighted by Gasteiger charge is 2.59. The maximum absolute atomic E-state index is 14.9. The zero-order valence-corrected chi connectivity index (χ0v) is 39.2. The summed E-state index contributed by atoms with van der Waals surface area (Å²) in [5, 5.41) is 26.8. The Labute approximate surface area is 368 Å². The number of rotatable bonds is 22. The van der Waals surface area contributed by atoms with Gasteiger partial charge in [-0.25, -0.2) is 19.4 Å². The van der Waals surface area contributed by atoms with Gasteiger partial charge in [0.05, 0.1) is 44.4 Å². The van der Waals surface area contributed by atoms with E-state index in [9.17, 15) is 14.5 Å². The van der Waals surface area contributed by atoms with Crippen LogP contribution in [-0.4, -0.2) is 135 Å². The number of hydrogen-bond acceptors (Lipinski definition) is 16. The average molecular weight is 914 g/mol. The molecule has 4 aromatic rings. The maximum Gasteiger partial charge on any atom is 0.413 e. The molecule has 5 atom stereocenters. The molecule has 1 unspecified atom stereocenters. The Morgan fingerprint density at radius 1 is 1.08 bits per heavy atom. The molecule has 3 aliphatic rings. The van der Waals surface area contributed by atoms with Gasteiger partial charge in [0, 0.05) is 27.8 Å². The number of anilines is 1. The number of amides is 1. The highest BCUT2D eigenvalue weighted by Crippen LogP contribution is 2.62. The molecule has 3 aromatic heterocycles. The molecule has 1 amide bonds. The summed E-state index contributed by atoms with van der Waals surface area (Å²) < 4.78 is 66.3. The Morgan fingerprint density at radius 3 is 2.46 bits per heavy atom. The van der Waals surface area contributed by atoms with E-state index in [1.807, 2.05) is 36.4 Å². The Hall–Kier alpha value is -4.02. The summed E-state index contributed by atoms with van der Waals surface area (Å²) >= 11 is 0. The minimum absolute atomic E-state index is 0.0494. The fraction of sp³-hybridized carbons (Fsp3) is 0.634. The summed E-state index contributed by atoms with van der Waals surface area (Å²) in [7, 11) is -4.01. The predicted octanol–water partition coefficient (Wildman–Crippen LogP) is 6.62. The lowest BCUT2D eigenvalue weighted by Crippen LogP contribution is -2.45. The van der Waals surface area contributed by atoms with Gasteiger partial charge >= 0.3 is 13.7 Å². The van der Waals surface area contributed by atoms with E-state index in [1.165, 1.54) is 16.8 Å². The molecular formula is C41H60N9O11PSi. The number of ether oxygens (including phenoxy) is 6. The second-order valence-corrected chi connectivity index (χ2v) is 25.4. The predicted molar refractivity (Wildman–Crippen MR) is 234 cm³/mol. The maximum atomic E-state index is 14.9. The molecule has 7 rings (SSSR count). The Balaban J connectivity index is 1.22. The van der Waals surface area contributed by atoms with E-state index in [2.05, 4.69) is 35.1 Å². The van der Waals surface area contributed by atoms with Crippen molar-refractivity contribution in [1.29, 1.82) is 0 Å². The van der Waals surface area contributed by atoms with Crippen LogP contribution in [0.5, 0.6) is 0 Å². The summed E-state index contributed by atoms with van der Waals surface area (Å²) in [6, 6.07) is 10.4. The molecule has 2 saturated heterocycles. The van der Waals surface area contributed by atoms with Crippen LogP contribution in [0.3, 0.4) is 0 Å². The van der Waals surface area contributed by atoms with Crippen molar-refractivity contribution in [2.75, 3.05) is 45.0 Å². The van der Waals surface area contributed by atoms with Crippen LogP contribution in [0.4, 0.5) is 10.6 Å². The van der Waals surface area contributed by atoms with Crippen LogP contribution in [0.25, 0.3) is 23.2 Å². The summed E-state index contributed by atoms with van der Waals surface area (Å²) in [5.41, 5.74) is 1.25. The van der Waals surface area contributed by atoms with Crippen LogP contribution in [0, 0.1) is 0 Å². The first-order chi connectivity index (χ1) is 30.1. The molecule has 1 aromatic carbocycles. The number of methoxy groups -OCH3 is 1. The highest BCUT2D eigenvalue weighted by molar-refractivity contribution is 7.55. The number of nitrogens with zero attached hydrogens (tertiary/aromatic N) is 9. The van der Waals surface area contributed by atoms with E-state index < -0.39 is 57.4 Å². The van der Waals surface area contributed by atoms with E-state index in [0.717, 1.165) is 18.0 Å². The number of hydrogen-bond donors (Lipinski definition) is 1. The number of carboxylic acid groups (broad SMARTS) is 1. The summed E-state index contributed by atoms with van der Waals surface area (Å²) in [6.07, 6.45) is 3.01. The number of fused-ring (bicyclic) bond motifs is 2. The second-order valence-electron chi connectivity index (χ2n) is 17.5. The standard InChI is InChI=1S/C41H60N9O11PSi/c1-9-57-62(53,58-10-2)41(26-54-5,23-33-45-47-48(46-33)27-55-21-22-63(6,7)8)56-25-31-34-35(61-40(3,4)60-34)38(59-31)50-37-30(24-42-50)36(49(39(51)52)29-17-14-18-29)43-32(44-37)20-19-28-15-12-11-13-16-28/h11-13,15-16,19-20,24,29,31,34-35,38H,9-10,14,17-18,21-23,25-27H2,1-8H3,(H,51,52)/b20-19+/t31-,34-,35-,38-,41?/m1/s1. The largest absolute Gasteiger partial charge is 0.465 e. The third kappa shape index (κ3) is 10.6. The monoisotopic (exact) mass is 913 g/mol. The minimum atomic E-state index is -4.16. The van der Waals surface area contributed by atoms with Crippen molar-refractivity contribution in [2.24, 2.45) is 0 Å². The molecule has 22 heteroatoms. The molecule has 3 fully saturated rings. The van der Waals surface area contributed by atoms with E-state index in [1.54, 1.807) is 44.6 Å². The van der Waals surface area contributed by atoms with Crippen LogP contribution >= 0.6 is 7.60 Å². The minimum Gasteiger partial charge on any atom is -0.465 e. The molecule has 0 radical (unpaired) electrons. The van der Waals surface area contributed by atoms with E-state index in [0.29, 0.717) is 30.5 Å². The molecular weight excluding hydrogens is 854 g/mol.